The Morgan fingerprint density at radius 2 is 2.00 bits per heavy atom. The minimum atomic E-state index is -3.57. The van der Waals surface area contributed by atoms with Crippen molar-refractivity contribution in [2.75, 3.05) is 11.0 Å². The summed E-state index contributed by atoms with van der Waals surface area (Å²) in [5.41, 5.74) is 1.77. The van der Waals surface area contributed by atoms with Crippen LogP contribution in [-0.2, 0) is 14.3 Å². The van der Waals surface area contributed by atoms with Crippen molar-refractivity contribution in [3.63, 3.8) is 0 Å². The van der Waals surface area contributed by atoms with Gasteiger partial charge >= 0.3 is 0 Å². The number of benzene rings is 1. The van der Waals surface area contributed by atoms with Gasteiger partial charge in [0.1, 0.15) is 0 Å². The second-order valence-corrected chi connectivity index (χ2v) is 5.90. The van der Waals surface area contributed by atoms with Crippen molar-refractivity contribution in [2.45, 2.75) is 18.7 Å². The van der Waals surface area contributed by atoms with E-state index in [1.54, 1.807) is 19.1 Å². The fourth-order valence-corrected chi connectivity index (χ4v) is 2.92. The molecule has 0 radical (unpaired) electrons. The van der Waals surface area contributed by atoms with Gasteiger partial charge in [0.2, 0.25) is 0 Å². The maximum atomic E-state index is 11.7. The van der Waals surface area contributed by atoms with Gasteiger partial charge in [-0.25, -0.2) is 0 Å². The Morgan fingerprint density at radius 1 is 1.33 bits per heavy atom. The lowest BCUT2D eigenvalue weighted by molar-refractivity contribution is 0.343. The maximum absolute atomic E-state index is 11.7. The highest BCUT2D eigenvalue weighted by atomic mass is 127. The molecule has 0 aliphatic carbocycles. The summed E-state index contributed by atoms with van der Waals surface area (Å²) in [6.07, 6.45) is 0. The number of rotatable bonds is 4. The van der Waals surface area contributed by atoms with Gasteiger partial charge in [-0.05, 0) is 25.5 Å². The third kappa shape index (κ3) is 3.42. The van der Waals surface area contributed by atoms with Gasteiger partial charge in [-0.3, -0.25) is 4.18 Å². The maximum Gasteiger partial charge on any atom is 0.297 e. The van der Waals surface area contributed by atoms with E-state index in [4.69, 9.17) is 4.18 Å². The average molecular weight is 340 g/mol. The molecule has 1 aromatic carbocycles. The number of halogens is 1. The van der Waals surface area contributed by atoms with Gasteiger partial charge in [0, 0.05) is 4.43 Å². The lowest BCUT2D eigenvalue weighted by Crippen LogP contribution is -2.09. The fraction of sp³-hybridized carbons (Fsp3) is 0.400. The quantitative estimate of drug-likeness (QED) is 0.480. The van der Waals surface area contributed by atoms with Gasteiger partial charge in [0.05, 0.1) is 11.5 Å². The van der Waals surface area contributed by atoms with Gasteiger partial charge in [0.15, 0.2) is 0 Å². The predicted octanol–water partition coefficient (Wildman–Crippen LogP) is 2.44. The van der Waals surface area contributed by atoms with Crippen molar-refractivity contribution in [1.29, 1.82) is 0 Å². The Hall–Kier alpha value is -0.140. The molecule has 1 aromatic rings. The van der Waals surface area contributed by atoms with Crippen molar-refractivity contribution in [1.82, 2.24) is 0 Å². The lowest BCUT2D eigenvalue weighted by Gasteiger charge is -2.07. The summed E-state index contributed by atoms with van der Waals surface area (Å²) in [7, 11) is -3.57. The smallest absolute Gasteiger partial charge is 0.266 e. The lowest BCUT2D eigenvalue weighted by atomic mass is 10.2. The molecule has 0 saturated carbocycles. The highest BCUT2D eigenvalue weighted by Gasteiger charge is 2.17. The van der Waals surface area contributed by atoms with Crippen LogP contribution in [-0.4, -0.2) is 19.5 Å². The molecular weight excluding hydrogens is 327 g/mol. The van der Waals surface area contributed by atoms with Crippen molar-refractivity contribution in [3.05, 3.63) is 29.3 Å². The Morgan fingerprint density at radius 3 is 2.53 bits per heavy atom. The Labute approximate surface area is 104 Å². The highest BCUT2D eigenvalue weighted by molar-refractivity contribution is 14.1. The number of alkyl halides is 1. The molecule has 0 amide bonds. The van der Waals surface area contributed by atoms with E-state index in [1.807, 2.05) is 13.0 Å². The second-order valence-electron chi connectivity index (χ2n) is 3.23. The molecule has 0 saturated heterocycles. The zero-order chi connectivity index (χ0) is 11.5. The molecule has 3 nitrogen and oxygen atoms in total. The van der Waals surface area contributed by atoms with E-state index in [-0.39, 0.29) is 11.5 Å². The summed E-state index contributed by atoms with van der Waals surface area (Å²) in [6, 6.07) is 5.20. The van der Waals surface area contributed by atoms with Crippen LogP contribution in [0.4, 0.5) is 0 Å². The SMILES string of the molecule is Cc1ccc(S(=O)(=O)OCCI)c(C)c1. The average Bonchev–Trinajstić information content (AvgIpc) is 2.14. The van der Waals surface area contributed by atoms with E-state index in [2.05, 4.69) is 22.6 Å². The van der Waals surface area contributed by atoms with E-state index in [0.717, 1.165) is 11.1 Å². The summed E-state index contributed by atoms with van der Waals surface area (Å²) in [6.45, 7) is 3.92. The molecule has 15 heavy (non-hydrogen) atoms. The molecule has 0 aliphatic heterocycles. The monoisotopic (exact) mass is 340 g/mol. The standard InChI is InChI=1S/C10H13IO3S/c1-8-3-4-10(9(2)7-8)15(12,13)14-6-5-11/h3-4,7H,5-6H2,1-2H3. The number of hydrogen-bond donors (Lipinski definition) is 0. The molecule has 0 heterocycles. The van der Waals surface area contributed by atoms with Crippen LogP contribution in [0.5, 0.6) is 0 Å². The van der Waals surface area contributed by atoms with E-state index < -0.39 is 10.1 Å². The van der Waals surface area contributed by atoms with E-state index in [1.165, 1.54) is 0 Å². The van der Waals surface area contributed by atoms with Crippen LogP contribution >= 0.6 is 22.6 Å². The highest BCUT2D eigenvalue weighted by Crippen LogP contribution is 2.18. The van der Waals surface area contributed by atoms with Gasteiger partial charge in [-0.15, -0.1) is 0 Å². The van der Waals surface area contributed by atoms with Crippen LogP contribution in [0.2, 0.25) is 0 Å². The first-order chi connectivity index (χ1) is 6.97. The molecule has 1 rings (SSSR count). The second kappa shape index (κ2) is 5.27. The Balaban J connectivity index is 3.05. The molecule has 0 spiro atoms. The number of aryl methyl sites for hydroxylation is 2. The van der Waals surface area contributed by atoms with Crippen LogP contribution in [0.25, 0.3) is 0 Å². The summed E-state index contributed by atoms with van der Waals surface area (Å²) in [5.74, 6) is 0. The molecule has 0 N–H and O–H groups in total. The zero-order valence-corrected chi connectivity index (χ0v) is 11.6. The third-order valence-corrected chi connectivity index (χ3v) is 3.83. The Bertz CT molecular complexity index is 440. The molecule has 0 atom stereocenters. The topological polar surface area (TPSA) is 43.4 Å². The minimum absolute atomic E-state index is 0.218. The van der Waals surface area contributed by atoms with Crippen LogP contribution < -0.4 is 0 Å². The van der Waals surface area contributed by atoms with Gasteiger partial charge < -0.3 is 0 Å². The van der Waals surface area contributed by atoms with Crippen LogP contribution in [0.1, 0.15) is 11.1 Å². The van der Waals surface area contributed by atoms with Gasteiger partial charge in [0.25, 0.3) is 10.1 Å². The van der Waals surface area contributed by atoms with Crippen molar-refractivity contribution < 1.29 is 12.6 Å². The largest absolute Gasteiger partial charge is 0.297 e. The van der Waals surface area contributed by atoms with Crippen molar-refractivity contribution >= 4 is 32.7 Å². The number of hydrogen-bond acceptors (Lipinski definition) is 3. The molecule has 5 heteroatoms. The molecular formula is C10H13IO3S. The first kappa shape index (κ1) is 12.9. The fourth-order valence-electron chi connectivity index (χ4n) is 1.28. The molecule has 0 aliphatic rings. The third-order valence-electron chi connectivity index (χ3n) is 1.92. The first-order valence-corrected chi connectivity index (χ1v) is 7.43. The minimum Gasteiger partial charge on any atom is -0.266 e. The summed E-state index contributed by atoms with van der Waals surface area (Å²) >= 11 is 2.07. The van der Waals surface area contributed by atoms with Crippen molar-refractivity contribution in [2.24, 2.45) is 0 Å². The molecule has 0 unspecified atom stereocenters. The molecule has 0 bridgehead atoms. The summed E-state index contributed by atoms with van der Waals surface area (Å²) in [5, 5.41) is 0. The summed E-state index contributed by atoms with van der Waals surface area (Å²) < 4.78 is 28.9. The predicted molar refractivity (Wildman–Crippen MR) is 67.9 cm³/mol. The van der Waals surface area contributed by atoms with Crippen LogP contribution in [0, 0.1) is 13.8 Å². The van der Waals surface area contributed by atoms with Crippen LogP contribution in [0.3, 0.4) is 0 Å². The zero-order valence-electron chi connectivity index (χ0n) is 8.66. The Kier molecular flexibility index (Phi) is 4.54. The molecule has 0 fully saturated rings. The van der Waals surface area contributed by atoms with E-state index >= 15 is 0 Å². The van der Waals surface area contributed by atoms with E-state index in [0.29, 0.717) is 4.43 Å². The van der Waals surface area contributed by atoms with E-state index in [9.17, 15) is 8.42 Å². The molecule has 84 valence electrons. The first-order valence-electron chi connectivity index (χ1n) is 4.50. The van der Waals surface area contributed by atoms with Crippen LogP contribution in [0.15, 0.2) is 23.1 Å². The van der Waals surface area contributed by atoms with Gasteiger partial charge in [-0.2, -0.15) is 8.42 Å². The summed E-state index contributed by atoms with van der Waals surface area (Å²) in [4.78, 5) is 0.262. The van der Waals surface area contributed by atoms with Gasteiger partial charge in [-0.1, -0.05) is 40.3 Å². The van der Waals surface area contributed by atoms with Crippen molar-refractivity contribution in [3.8, 4) is 0 Å². The normalized spacial score (nSPS) is 11.7. The molecule has 0 aromatic heterocycles.